The Morgan fingerprint density at radius 2 is 1.72 bits per heavy atom. The van der Waals surface area contributed by atoms with Gasteiger partial charge in [0, 0.05) is 30.8 Å². The second-order valence-corrected chi connectivity index (χ2v) is 6.07. The van der Waals surface area contributed by atoms with Gasteiger partial charge < -0.3 is 9.47 Å². The van der Waals surface area contributed by atoms with Crippen molar-refractivity contribution in [3.63, 3.8) is 0 Å². The zero-order chi connectivity index (χ0) is 17.8. The molecule has 0 spiro atoms. The number of benzene rings is 2. The Morgan fingerprint density at radius 3 is 2.44 bits per heavy atom. The van der Waals surface area contributed by atoms with Crippen molar-refractivity contribution < 1.29 is 4.79 Å². The molecule has 0 aliphatic rings. The normalized spacial score (nSPS) is 10.8. The molecule has 0 fully saturated rings. The van der Waals surface area contributed by atoms with E-state index in [0.717, 1.165) is 16.6 Å². The van der Waals surface area contributed by atoms with Crippen molar-refractivity contribution in [2.75, 3.05) is 11.4 Å². The summed E-state index contributed by atoms with van der Waals surface area (Å²) in [5, 5.41) is 1.02. The predicted molar refractivity (Wildman–Crippen MR) is 102 cm³/mol. The minimum Gasteiger partial charge on any atom is -0.313 e. The molecule has 25 heavy (non-hydrogen) atoms. The van der Waals surface area contributed by atoms with Crippen LogP contribution < -0.4 is 10.5 Å². The molecule has 1 aromatic heterocycles. The van der Waals surface area contributed by atoms with Crippen molar-refractivity contribution in [2.24, 2.45) is 0 Å². The summed E-state index contributed by atoms with van der Waals surface area (Å²) in [6.07, 6.45) is 0.288. The van der Waals surface area contributed by atoms with E-state index in [1.807, 2.05) is 74.5 Å². The predicted octanol–water partition coefficient (Wildman–Crippen LogP) is 3.75. The largest absolute Gasteiger partial charge is 0.313 e. The Bertz CT molecular complexity index is 945. The van der Waals surface area contributed by atoms with Crippen LogP contribution in [-0.2, 0) is 11.3 Å². The van der Waals surface area contributed by atoms with E-state index in [0.29, 0.717) is 18.7 Å². The minimum atomic E-state index is -0.0331. The van der Waals surface area contributed by atoms with Crippen LogP contribution in [0.4, 0.5) is 5.69 Å². The van der Waals surface area contributed by atoms with Crippen LogP contribution in [0.15, 0.2) is 65.5 Å². The number of hydrogen-bond acceptors (Lipinski definition) is 2. The number of amides is 1. The Labute approximate surface area is 147 Å². The van der Waals surface area contributed by atoms with Crippen molar-refractivity contribution in [2.45, 2.75) is 26.8 Å². The van der Waals surface area contributed by atoms with Gasteiger partial charge in [0.05, 0.1) is 5.52 Å². The zero-order valence-electron chi connectivity index (χ0n) is 14.6. The van der Waals surface area contributed by atoms with E-state index < -0.39 is 0 Å². The molecule has 128 valence electrons. The molecule has 3 aromatic rings. The molecule has 0 N–H and O–H groups in total. The second-order valence-electron chi connectivity index (χ2n) is 6.07. The van der Waals surface area contributed by atoms with Gasteiger partial charge in [0.2, 0.25) is 5.91 Å². The molecule has 1 amide bonds. The third-order valence-electron chi connectivity index (χ3n) is 4.42. The lowest BCUT2D eigenvalue weighted by atomic mass is 10.1. The lowest BCUT2D eigenvalue weighted by Crippen LogP contribution is -2.32. The van der Waals surface area contributed by atoms with Gasteiger partial charge >= 0.3 is 0 Å². The Hall–Kier alpha value is -2.88. The van der Waals surface area contributed by atoms with Crippen LogP contribution >= 0.6 is 0 Å². The number of aryl methyl sites for hydroxylation is 2. The molecule has 2 aromatic carbocycles. The summed E-state index contributed by atoms with van der Waals surface area (Å²) in [4.78, 5) is 27.0. The van der Waals surface area contributed by atoms with Crippen molar-refractivity contribution in [3.8, 4) is 0 Å². The van der Waals surface area contributed by atoms with Crippen molar-refractivity contribution >= 4 is 22.5 Å². The van der Waals surface area contributed by atoms with E-state index in [1.54, 1.807) is 9.47 Å². The van der Waals surface area contributed by atoms with Gasteiger partial charge in [0.15, 0.2) is 0 Å². The molecule has 3 rings (SSSR count). The fourth-order valence-corrected chi connectivity index (χ4v) is 3.15. The van der Waals surface area contributed by atoms with E-state index in [1.165, 1.54) is 0 Å². The number of carbonyl (C=O) groups excluding carboxylic acids is 1. The number of pyridine rings is 1. The highest BCUT2D eigenvalue weighted by Gasteiger charge is 2.15. The number of rotatable bonds is 5. The quantitative estimate of drug-likeness (QED) is 0.713. The Balaban J connectivity index is 1.86. The summed E-state index contributed by atoms with van der Waals surface area (Å²) in [6, 6.07) is 19.3. The molecule has 0 bridgehead atoms. The Morgan fingerprint density at radius 1 is 1.04 bits per heavy atom. The van der Waals surface area contributed by atoms with E-state index in [4.69, 9.17) is 0 Å². The third kappa shape index (κ3) is 3.48. The standard InChI is InChI=1S/C21H22N2O2/c1-3-22(18-10-5-4-6-11-18)20(24)13-14-23-19-12-8-7-9-17(19)15-16(2)21(23)25/h4-12,15H,3,13-14H2,1-2H3. The zero-order valence-corrected chi connectivity index (χ0v) is 14.6. The molecular weight excluding hydrogens is 312 g/mol. The molecule has 0 aliphatic heterocycles. The first kappa shape index (κ1) is 17.0. The molecule has 0 unspecified atom stereocenters. The molecule has 0 saturated carbocycles. The maximum absolute atomic E-state index is 12.7. The highest BCUT2D eigenvalue weighted by atomic mass is 16.2. The highest BCUT2D eigenvalue weighted by Crippen LogP contribution is 2.16. The summed E-state index contributed by atoms with van der Waals surface area (Å²) < 4.78 is 1.71. The summed E-state index contributed by atoms with van der Waals surface area (Å²) in [5.74, 6) is 0.0196. The number of aromatic nitrogens is 1. The topological polar surface area (TPSA) is 42.3 Å². The number of hydrogen-bond donors (Lipinski definition) is 0. The lowest BCUT2D eigenvalue weighted by Gasteiger charge is -2.21. The molecule has 0 saturated heterocycles. The van der Waals surface area contributed by atoms with Crippen LogP contribution in [0.1, 0.15) is 18.9 Å². The fraction of sp³-hybridized carbons (Fsp3) is 0.238. The van der Waals surface area contributed by atoms with Gasteiger partial charge in [-0.2, -0.15) is 0 Å². The molecule has 0 radical (unpaired) electrons. The van der Waals surface area contributed by atoms with Crippen LogP contribution in [0.5, 0.6) is 0 Å². The average Bonchev–Trinajstić information content (AvgIpc) is 2.63. The van der Waals surface area contributed by atoms with Gasteiger partial charge in [-0.25, -0.2) is 0 Å². The van der Waals surface area contributed by atoms with Gasteiger partial charge in [-0.1, -0.05) is 36.4 Å². The minimum absolute atomic E-state index is 0.0196. The van der Waals surface area contributed by atoms with E-state index in [9.17, 15) is 9.59 Å². The van der Waals surface area contributed by atoms with Crippen molar-refractivity contribution in [1.82, 2.24) is 4.57 Å². The highest BCUT2D eigenvalue weighted by molar-refractivity contribution is 5.93. The molecule has 0 aliphatic carbocycles. The number of carbonyl (C=O) groups is 1. The van der Waals surface area contributed by atoms with E-state index in [-0.39, 0.29) is 17.9 Å². The summed E-state index contributed by atoms with van der Waals surface area (Å²) in [5.41, 5.74) is 2.42. The summed E-state index contributed by atoms with van der Waals surface area (Å²) in [7, 11) is 0. The van der Waals surface area contributed by atoms with Crippen LogP contribution in [0.3, 0.4) is 0 Å². The molecule has 0 atom stereocenters. The first-order chi connectivity index (χ1) is 12.1. The van der Waals surface area contributed by atoms with Gasteiger partial charge in [0.25, 0.3) is 5.56 Å². The van der Waals surface area contributed by atoms with Crippen LogP contribution in [0.25, 0.3) is 10.9 Å². The monoisotopic (exact) mass is 334 g/mol. The van der Waals surface area contributed by atoms with Crippen LogP contribution in [-0.4, -0.2) is 17.0 Å². The van der Waals surface area contributed by atoms with Gasteiger partial charge in [-0.05, 0) is 43.5 Å². The van der Waals surface area contributed by atoms with Crippen molar-refractivity contribution in [1.29, 1.82) is 0 Å². The smallest absolute Gasteiger partial charge is 0.253 e. The summed E-state index contributed by atoms with van der Waals surface area (Å²) in [6.45, 7) is 4.75. The first-order valence-electron chi connectivity index (χ1n) is 8.56. The molecule has 4 nitrogen and oxygen atoms in total. The maximum Gasteiger partial charge on any atom is 0.253 e. The fourth-order valence-electron chi connectivity index (χ4n) is 3.15. The van der Waals surface area contributed by atoms with E-state index in [2.05, 4.69) is 0 Å². The van der Waals surface area contributed by atoms with E-state index >= 15 is 0 Å². The Kier molecular flexibility index (Phi) is 4.98. The molecule has 1 heterocycles. The van der Waals surface area contributed by atoms with Gasteiger partial charge in [0.1, 0.15) is 0 Å². The lowest BCUT2D eigenvalue weighted by molar-refractivity contribution is -0.118. The third-order valence-corrected chi connectivity index (χ3v) is 4.42. The maximum atomic E-state index is 12.7. The van der Waals surface area contributed by atoms with Crippen LogP contribution in [0, 0.1) is 6.92 Å². The van der Waals surface area contributed by atoms with Crippen molar-refractivity contribution in [3.05, 3.63) is 76.6 Å². The number of fused-ring (bicyclic) bond motifs is 1. The van der Waals surface area contributed by atoms with Gasteiger partial charge in [-0.3, -0.25) is 9.59 Å². The summed E-state index contributed by atoms with van der Waals surface area (Å²) >= 11 is 0. The number of anilines is 1. The van der Waals surface area contributed by atoms with Gasteiger partial charge in [-0.15, -0.1) is 0 Å². The van der Waals surface area contributed by atoms with Crippen LogP contribution in [0.2, 0.25) is 0 Å². The number of nitrogens with zero attached hydrogens (tertiary/aromatic N) is 2. The first-order valence-corrected chi connectivity index (χ1v) is 8.56. The SMILES string of the molecule is CCN(C(=O)CCn1c(=O)c(C)cc2ccccc21)c1ccccc1. The number of para-hydroxylation sites is 2. The average molecular weight is 334 g/mol. The second kappa shape index (κ2) is 7.34. The molecule has 4 heteroatoms. The molecular formula is C21H22N2O2.